The summed E-state index contributed by atoms with van der Waals surface area (Å²) >= 11 is 0. The molecule has 1 aliphatic rings. The Morgan fingerprint density at radius 2 is 1.89 bits per heavy atom. The van der Waals surface area contributed by atoms with E-state index in [2.05, 4.69) is 4.90 Å². The molecule has 3 heteroatoms. The lowest BCUT2D eigenvalue weighted by Crippen LogP contribution is -2.21. The van der Waals surface area contributed by atoms with Gasteiger partial charge in [0.25, 0.3) is 0 Å². The van der Waals surface area contributed by atoms with Crippen LogP contribution in [-0.2, 0) is 0 Å². The fraction of sp³-hybridized carbons (Fsp3) is 0.600. The van der Waals surface area contributed by atoms with Crippen LogP contribution >= 0.6 is 0 Å². The fourth-order valence-corrected chi connectivity index (χ4v) is 2.35. The minimum Gasteiger partial charge on any atom is -0.494 e. The first-order valence-corrected chi connectivity index (χ1v) is 6.96. The number of nitrogens with two attached hydrogens (primary N) is 1. The lowest BCUT2D eigenvalue weighted by atomic mass is 10.1. The SMILES string of the molecule is CC(N)c1ccc(OCCCN2CCCC2)cc1. The molecule has 100 valence electrons. The van der Waals surface area contributed by atoms with Gasteiger partial charge in [-0.15, -0.1) is 0 Å². The Kier molecular flexibility index (Phi) is 5.02. The minimum atomic E-state index is 0.0919. The summed E-state index contributed by atoms with van der Waals surface area (Å²) in [5, 5.41) is 0. The predicted octanol–water partition coefficient (Wildman–Crippen LogP) is 2.57. The molecule has 0 bridgehead atoms. The first-order valence-electron chi connectivity index (χ1n) is 6.96. The first-order chi connectivity index (χ1) is 8.75. The van der Waals surface area contributed by atoms with Gasteiger partial charge in [-0.25, -0.2) is 0 Å². The van der Waals surface area contributed by atoms with Gasteiger partial charge >= 0.3 is 0 Å². The van der Waals surface area contributed by atoms with E-state index in [0.29, 0.717) is 0 Å². The van der Waals surface area contributed by atoms with Gasteiger partial charge in [-0.05, 0) is 57.0 Å². The number of nitrogens with zero attached hydrogens (tertiary/aromatic N) is 1. The fourth-order valence-electron chi connectivity index (χ4n) is 2.35. The van der Waals surface area contributed by atoms with Crippen LogP contribution in [0.15, 0.2) is 24.3 Å². The van der Waals surface area contributed by atoms with E-state index in [-0.39, 0.29) is 6.04 Å². The van der Waals surface area contributed by atoms with Crippen LogP contribution in [0.1, 0.15) is 37.8 Å². The number of benzene rings is 1. The number of hydrogen-bond acceptors (Lipinski definition) is 3. The topological polar surface area (TPSA) is 38.5 Å². The zero-order chi connectivity index (χ0) is 12.8. The number of likely N-dealkylation sites (tertiary alicyclic amines) is 1. The van der Waals surface area contributed by atoms with Crippen molar-refractivity contribution in [3.05, 3.63) is 29.8 Å². The molecule has 2 rings (SSSR count). The summed E-state index contributed by atoms with van der Waals surface area (Å²) in [5.41, 5.74) is 6.96. The zero-order valence-electron chi connectivity index (χ0n) is 11.3. The molecule has 1 unspecified atom stereocenters. The van der Waals surface area contributed by atoms with Gasteiger partial charge in [0, 0.05) is 12.6 Å². The maximum Gasteiger partial charge on any atom is 0.119 e. The third-order valence-electron chi connectivity index (χ3n) is 3.49. The molecule has 0 aliphatic carbocycles. The Morgan fingerprint density at radius 3 is 2.50 bits per heavy atom. The highest BCUT2D eigenvalue weighted by Gasteiger charge is 2.10. The second kappa shape index (κ2) is 6.76. The summed E-state index contributed by atoms with van der Waals surface area (Å²) in [4.78, 5) is 2.52. The van der Waals surface area contributed by atoms with Crippen LogP contribution in [0.3, 0.4) is 0 Å². The molecule has 1 aromatic carbocycles. The van der Waals surface area contributed by atoms with Crippen molar-refractivity contribution in [2.45, 2.75) is 32.2 Å². The van der Waals surface area contributed by atoms with Crippen molar-refractivity contribution >= 4 is 0 Å². The lowest BCUT2D eigenvalue weighted by Gasteiger charge is -2.14. The van der Waals surface area contributed by atoms with Crippen molar-refractivity contribution in [1.29, 1.82) is 0 Å². The molecule has 0 saturated carbocycles. The standard InChI is InChI=1S/C15H24N2O/c1-13(16)14-5-7-15(8-6-14)18-12-4-11-17-9-2-3-10-17/h5-8,13H,2-4,9-12,16H2,1H3. The molecule has 1 heterocycles. The smallest absolute Gasteiger partial charge is 0.119 e. The zero-order valence-corrected chi connectivity index (χ0v) is 11.3. The summed E-state index contributed by atoms with van der Waals surface area (Å²) in [6, 6.07) is 8.19. The van der Waals surface area contributed by atoms with Crippen LogP contribution in [-0.4, -0.2) is 31.1 Å². The van der Waals surface area contributed by atoms with Crippen molar-refractivity contribution in [2.24, 2.45) is 5.73 Å². The largest absolute Gasteiger partial charge is 0.494 e. The average Bonchev–Trinajstić information content (AvgIpc) is 2.88. The Labute approximate surface area is 110 Å². The van der Waals surface area contributed by atoms with Gasteiger partial charge in [-0.1, -0.05) is 12.1 Å². The van der Waals surface area contributed by atoms with Crippen LogP contribution in [0, 0.1) is 0 Å². The Morgan fingerprint density at radius 1 is 1.22 bits per heavy atom. The van der Waals surface area contributed by atoms with E-state index in [0.717, 1.165) is 30.9 Å². The maximum absolute atomic E-state index is 5.81. The van der Waals surface area contributed by atoms with E-state index in [9.17, 15) is 0 Å². The van der Waals surface area contributed by atoms with Gasteiger partial charge in [0.1, 0.15) is 5.75 Å². The van der Waals surface area contributed by atoms with E-state index >= 15 is 0 Å². The van der Waals surface area contributed by atoms with Crippen molar-refractivity contribution in [3.63, 3.8) is 0 Å². The van der Waals surface area contributed by atoms with E-state index in [4.69, 9.17) is 10.5 Å². The van der Waals surface area contributed by atoms with Crippen molar-refractivity contribution in [3.8, 4) is 5.75 Å². The summed E-state index contributed by atoms with van der Waals surface area (Å²) in [7, 11) is 0. The number of hydrogen-bond donors (Lipinski definition) is 1. The van der Waals surface area contributed by atoms with E-state index < -0.39 is 0 Å². The molecule has 2 N–H and O–H groups in total. The monoisotopic (exact) mass is 248 g/mol. The van der Waals surface area contributed by atoms with Crippen LogP contribution in [0.2, 0.25) is 0 Å². The Balaban J connectivity index is 1.66. The molecular weight excluding hydrogens is 224 g/mol. The molecule has 0 aromatic heterocycles. The first kappa shape index (κ1) is 13.4. The van der Waals surface area contributed by atoms with Crippen molar-refractivity contribution in [2.75, 3.05) is 26.2 Å². The molecule has 1 aromatic rings. The summed E-state index contributed by atoms with van der Waals surface area (Å²) in [6.45, 7) is 6.49. The number of rotatable bonds is 6. The van der Waals surface area contributed by atoms with Gasteiger partial charge in [-0.2, -0.15) is 0 Å². The van der Waals surface area contributed by atoms with Crippen LogP contribution in [0.5, 0.6) is 5.75 Å². The summed E-state index contributed by atoms with van der Waals surface area (Å²) in [6.07, 6.45) is 3.83. The van der Waals surface area contributed by atoms with Gasteiger partial charge in [0.15, 0.2) is 0 Å². The highest BCUT2D eigenvalue weighted by molar-refractivity contribution is 5.28. The molecule has 0 spiro atoms. The summed E-state index contributed by atoms with van der Waals surface area (Å²) < 4.78 is 5.73. The van der Waals surface area contributed by atoms with Crippen LogP contribution < -0.4 is 10.5 Å². The Bertz CT molecular complexity index is 342. The van der Waals surface area contributed by atoms with E-state index in [1.807, 2.05) is 31.2 Å². The maximum atomic E-state index is 5.81. The molecule has 1 atom stereocenters. The molecule has 3 nitrogen and oxygen atoms in total. The highest BCUT2D eigenvalue weighted by Crippen LogP contribution is 2.16. The Hall–Kier alpha value is -1.06. The molecular formula is C15H24N2O. The van der Waals surface area contributed by atoms with Crippen molar-refractivity contribution < 1.29 is 4.74 Å². The third-order valence-corrected chi connectivity index (χ3v) is 3.49. The molecule has 0 radical (unpaired) electrons. The average molecular weight is 248 g/mol. The molecule has 1 aliphatic heterocycles. The summed E-state index contributed by atoms with van der Waals surface area (Å²) in [5.74, 6) is 0.945. The second-order valence-corrected chi connectivity index (χ2v) is 5.11. The molecule has 18 heavy (non-hydrogen) atoms. The predicted molar refractivity (Wildman–Crippen MR) is 74.8 cm³/mol. The van der Waals surface area contributed by atoms with E-state index in [1.165, 1.54) is 25.9 Å². The quantitative estimate of drug-likeness (QED) is 0.786. The van der Waals surface area contributed by atoms with Gasteiger partial charge < -0.3 is 15.4 Å². The van der Waals surface area contributed by atoms with Gasteiger partial charge in [-0.3, -0.25) is 0 Å². The van der Waals surface area contributed by atoms with Crippen LogP contribution in [0.25, 0.3) is 0 Å². The third kappa shape index (κ3) is 4.00. The minimum absolute atomic E-state index is 0.0919. The van der Waals surface area contributed by atoms with Crippen LogP contribution in [0.4, 0.5) is 0 Å². The van der Waals surface area contributed by atoms with Gasteiger partial charge in [0.2, 0.25) is 0 Å². The molecule has 0 amide bonds. The lowest BCUT2D eigenvalue weighted by molar-refractivity contribution is 0.263. The second-order valence-electron chi connectivity index (χ2n) is 5.11. The highest BCUT2D eigenvalue weighted by atomic mass is 16.5. The van der Waals surface area contributed by atoms with Gasteiger partial charge in [0.05, 0.1) is 6.61 Å². The normalized spacial score (nSPS) is 17.9. The molecule has 1 fully saturated rings. The van der Waals surface area contributed by atoms with E-state index in [1.54, 1.807) is 0 Å². The van der Waals surface area contributed by atoms with Crippen molar-refractivity contribution in [1.82, 2.24) is 4.90 Å². The number of ether oxygens (including phenoxy) is 1. The molecule has 1 saturated heterocycles.